The summed E-state index contributed by atoms with van der Waals surface area (Å²) >= 11 is 0. The predicted molar refractivity (Wildman–Crippen MR) is 65.7 cm³/mol. The van der Waals surface area contributed by atoms with Crippen molar-refractivity contribution in [2.75, 3.05) is 7.11 Å². The zero-order valence-corrected chi connectivity index (χ0v) is 11.1. The third-order valence-corrected chi connectivity index (χ3v) is 2.54. The second kappa shape index (κ2) is 5.97. The largest absolute Gasteiger partial charge is 0.490 e. The van der Waals surface area contributed by atoms with Crippen LogP contribution in [0.2, 0.25) is 0 Å². The van der Waals surface area contributed by atoms with Crippen molar-refractivity contribution in [2.24, 2.45) is 5.73 Å². The topological polar surface area (TPSA) is 61.5 Å². The van der Waals surface area contributed by atoms with Crippen LogP contribution in [0.4, 0.5) is 8.78 Å². The summed E-state index contributed by atoms with van der Waals surface area (Å²) in [4.78, 5) is 11.4. The summed E-state index contributed by atoms with van der Waals surface area (Å²) in [5, 5.41) is 0. The van der Waals surface area contributed by atoms with Gasteiger partial charge >= 0.3 is 5.97 Å². The molecule has 0 aliphatic heterocycles. The van der Waals surface area contributed by atoms with E-state index in [4.69, 9.17) is 10.5 Å². The molecule has 0 spiro atoms. The Kier molecular flexibility index (Phi) is 4.83. The van der Waals surface area contributed by atoms with Crippen molar-refractivity contribution in [1.29, 1.82) is 0 Å². The van der Waals surface area contributed by atoms with Crippen molar-refractivity contribution in [3.05, 3.63) is 29.8 Å². The molecule has 4 nitrogen and oxygen atoms in total. The quantitative estimate of drug-likeness (QED) is 0.834. The molecule has 0 aromatic heterocycles. The van der Waals surface area contributed by atoms with E-state index in [2.05, 4.69) is 4.74 Å². The molecule has 0 saturated carbocycles. The normalized spacial score (nSPS) is 15.5. The number of esters is 1. The van der Waals surface area contributed by atoms with Crippen LogP contribution in [-0.2, 0) is 9.53 Å². The van der Waals surface area contributed by atoms with E-state index >= 15 is 0 Å². The number of carbonyl (C=O) groups is 1. The summed E-state index contributed by atoms with van der Waals surface area (Å²) < 4.78 is 35.9. The van der Waals surface area contributed by atoms with E-state index in [1.54, 1.807) is 6.92 Å². The first-order valence-corrected chi connectivity index (χ1v) is 5.74. The molecule has 0 radical (unpaired) electrons. The number of benzene rings is 1. The maximum atomic E-state index is 13.0. The van der Waals surface area contributed by atoms with E-state index in [0.717, 1.165) is 18.2 Å². The molecular formula is C13H17F2NO3. The lowest BCUT2D eigenvalue weighted by Crippen LogP contribution is -2.48. The first-order chi connectivity index (χ1) is 8.74. The van der Waals surface area contributed by atoms with Crippen LogP contribution in [0.15, 0.2) is 18.2 Å². The third kappa shape index (κ3) is 4.48. The van der Waals surface area contributed by atoms with E-state index in [0.29, 0.717) is 0 Å². The van der Waals surface area contributed by atoms with Gasteiger partial charge in [-0.1, -0.05) is 0 Å². The predicted octanol–water partition coefficient (Wildman–Crippen LogP) is 2.01. The number of ether oxygens (including phenoxy) is 2. The van der Waals surface area contributed by atoms with Gasteiger partial charge in [-0.2, -0.15) is 0 Å². The molecule has 0 amide bonds. The highest BCUT2D eigenvalue weighted by Gasteiger charge is 2.32. The van der Waals surface area contributed by atoms with Gasteiger partial charge in [0.1, 0.15) is 22.9 Å². The Morgan fingerprint density at radius 1 is 1.37 bits per heavy atom. The van der Waals surface area contributed by atoms with Crippen molar-refractivity contribution in [3.8, 4) is 5.75 Å². The van der Waals surface area contributed by atoms with Crippen LogP contribution in [-0.4, -0.2) is 24.7 Å². The fourth-order valence-corrected chi connectivity index (χ4v) is 1.78. The number of carbonyl (C=O) groups excluding carboxylic acids is 1. The molecule has 0 fully saturated rings. The monoisotopic (exact) mass is 273 g/mol. The molecule has 1 aromatic rings. The second-order valence-electron chi connectivity index (χ2n) is 4.65. The lowest BCUT2D eigenvalue weighted by Gasteiger charge is -2.25. The lowest BCUT2D eigenvalue weighted by atomic mass is 9.96. The summed E-state index contributed by atoms with van der Waals surface area (Å²) in [6.45, 7) is 3.15. The number of halogens is 2. The van der Waals surface area contributed by atoms with Gasteiger partial charge in [0, 0.05) is 24.6 Å². The van der Waals surface area contributed by atoms with Crippen molar-refractivity contribution in [2.45, 2.75) is 31.9 Å². The summed E-state index contributed by atoms with van der Waals surface area (Å²) in [5.74, 6) is -1.99. The zero-order valence-electron chi connectivity index (χ0n) is 11.1. The van der Waals surface area contributed by atoms with Gasteiger partial charge in [0.2, 0.25) is 0 Å². The number of hydrogen-bond acceptors (Lipinski definition) is 4. The number of methoxy groups -OCH3 is 1. The Hall–Kier alpha value is -1.69. The van der Waals surface area contributed by atoms with Gasteiger partial charge < -0.3 is 15.2 Å². The molecule has 0 heterocycles. The van der Waals surface area contributed by atoms with Crippen LogP contribution in [0.1, 0.15) is 20.3 Å². The maximum Gasteiger partial charge on any atom is 0.325 e. The molecule has 6 heteroatoms. The number of rotatable bonds is 5. The minimum atomic E-state index is -1.22. The Morgan fingerprint density at radius 2 is 1.89 bits per heavy atom. The fraction of sp³-hybridized carbons (Fsp3) is 0.462. The van der Waals surface area contributed by atoms with Gasteiger partial charge in [-0.15, -0.1) is 0 Å². The number of hydrogen-bond donors (Lipinski definition) is 1. The summed E-state index contributed by atoms with van der Waals surface area (Å²) in [6.07, 6.45) is -0.354. The molecule has 1 aromatic carbocycles. The van der Waals surface area contributed by atoms with Gasteiger partial charge in [-0.25, -0.2) is 8.78 Å². The van der Waals surface area contributed by atoms with Gasteiger partial charge in [0.25, 0.3) is 0 Å². The van der Waals surface area contributed by atoms with E-state index in [1.807, 2.05) is 0 Å². The molecule has 2 N–H and O–H groups in total. The van der Waals surface area contributed by atoms with Gasteiger partial charge in [0.15, 0.2) is 0 Å². The Morgan fingerprint density at radius 3 is 2.37 bits per heavy atom. The second-order valence-corrected chi connectivity index (χ2v) is 4.65. The molecule has 0 aliphatic carbocycles. The summed E-state index contributed by atoms with van der Waals surface area (Å²) in [6, 6.07) is 2.87. The highest BCUT2D eigenvalue weighted by atomic mass is 19.1. The van der Waals surface area contributed by atoms with Crippen LogP contribution >= 0.6 is 0 Å². The van der Waals surface area contributed by atoms with Crippen LogP contribution in [0.25, 0.3) is 0 Å². The molecule has 2 unspecified atom stereocenters. The molecule has 1 rings (SSSR count). The first-order valence-electron chi connectivity index (χ1n) is 5.74. The van der Waals surface area contributed by atoms with Gasteiger partial charge in [0.05, 0.1) is 13.2 Å². The van der Waals surface area contributed by atoms with Crippen molar-refractivity contribution < 1.29 is 23.0 Å². The minimum Gasteiger partial charge on any atom is -0.490 e. The number of nitrogens with two attached hydrogens (primary N) is 1. The van der Waals surface area contributed by atoms with E-state index in [-0.39, 0.29) is 12.2 Å². The molecular weight excluding hydrogens is 256 g/mol. The third-order valence-electron chi connectivity index (χ3n) is 2.54. The Balaban J connectivity index is 2.69. The fourth-order valence-electron chi connectivity index (χ4n) is 1.78. The van der Waals surface area contributed by atoms with E-state index in [1.165, 1.54) is 14.0 Å². The Labute approximate surface area is 110 Å². The van der Waals surface area contributed by atoms with Crippen LogP contribution < -0.4 is 10.5 Å². The van der Waals surface area contributed by atoms with Gasteiger partial charge in [-0.3, -0.25) is 4.79 Å². The average molecular weight is 273 g/mol. The highest BCUT2D eigenvalue weighted by Crippen LogP contribution is 2.20. The summed E-state index contributed by atoms with van der Waals surface area (Å²) in [5.41, 5.74) is 4.56. The molecule has 0 aliphatic rings. The lowest BCUT2D eigenvalue weighted by molar-refractivity contribution is -0.147. The molecule has 0 bridgehead atoms. The molecule has 19 heavy (non-hydrogen) atoms. The van der Waals surface area contributed by atoms with Crippen molar-refractivity contribution >= 4 is 5.97 Å². The standard InChI is InChI=1S/C13H17F2NO3/c1-8(7-13(2,16)12(17)18-3)19-11-5-9(14)4-10(15)6-11/h4-6,8H,7,16H2,1-3H3. The zero-order chi connectivity index (χ0) is 14.6. The van der Waals surface area contributed by atoms with Crippen molar-refractivity contribution in [1.82, 2.24) is 0 Å². The first kappa shape index (κ1) is 15.4. The smallest absolute Gasteiger partial charge is 0.325 e. The van der Waals surface area contributed by atoms with E-state index in [9.17, 15) is 13.6 Å². The SMILES string of the molecule is COC(=O)C(C)(N)CC(C)Oc1cc(F)cc(F)c1. The maximum absolute atomic E-state index is 13.0. The summed E-state index contributed by atoms with van der Waals surface area (Å²) in [7, 11) is 1.24. The highest BCUT2D eigenvalue weighted by molar-refractivity contribution is 5.79. The molecule has 2 atom stereocenters. The molecule has 106 valence electrons. The van der Waals surface area contributed by atoms with Gasteiger partial charge in [-0.05, 0) is 13.8 Å². The minimum absolute atomic E-state index is 0.0469. The van der Waals surface area contributed by atoms with Crippen LogP contribution in [0.3, 0.4) is 0 Å². The average Bonchev–Trinajstić information content (AvgIpc) is 2.25. The van der Waals surface area contributed by atoms with Crippen LogP contribution in [0.5, 0.6) is 5.75 Å². The van der Waals surface area contributed by atoms with Crippen molar-refractivity contribution in [3.63, 3.8) is 0 Å². The molecule has 0 saturated heterocycles. The van der Waals surface area contributed by atoms with Crippen LogP contribution in [0, 0.1) is 11.6 Å². The van der Waals surface area contributed by atoms with E-state index < -0.39 is 29.2 Å². The Bertz CT molecular complexity index is 443.